The average molecular weight is 407 g/mol. The Labute approximate surface area is 176 Å². The van der Waals surface area contributed by atoms with Crippen molar-refractivity contribution in [2.75, 3.05) is 16.8 Å². The van der Waals surface area contributed by atoms with Crippen molar-refractivity contribution >= 4 is 29.0 Å². The van der Waals surface area contributed by atoms with Crippen LogP contribution in [0, 0.1) is 0 Å². The monoisotopic (exact) mass is 406 g/mol. The van der Waals surface area contributed by atoms with E-state index in [1.807, 2.05) is 72.8 Å². The van der Waals surface area contributed by atoms with Gasteiger partial charge in [0.2, 0.25) is 0 Å². The van der Waals surface area contributed by atoms with Gasteiger partial charge in [-0.25, -0.2) is 4.79 Å². The van der Waals surface area contributed by atoms with Crippen LogP contribution in [0.25, 0.3) is 0 Å². The number of ether oxygens (including phenoxy) is 1. The van der Waals surface area contributed by atoms with Gasteiger partial charge in [-0.05, 0) is 66.8 Å². The van der Waals surface area contributed by atoms with Crippen LogP contribution in [0.5, 0.6) is 5.75 Å². The lowest BCUT2D eigenvalue weighted by Crippen LogP contribution is -2.35. The largest absolute Gasteiger partial charge is 0.489 e. The Balaban J connectivity index is 1.41. The summed E-state index contributed by atoms with van der Waals surface area (Å²) in [5, 5.41) is 3.63. The second kappa shape index (κ2) is 9.01. The number of halogens is 1. The highest BCUT2D eigenvalue weighted by molar-refractivity contribution is 6.31. The number of nitrogens with zero attached hydrogens (tertiary/aromatic N) is 1. The van der Waals surface area contributed by atoms with E-state index in [4.69, 9.17) is 16.3 Å². The summed E-state index contributed by atoms with van der Waals surface area (Å²) < 4.78 is 5.81. The highest BCUT2D eigenvalue weighted by atomic mass is 35.5. The topological polar surface area (TPSA) is 41.6 Å². The van der Waals surface area contributed by atoms with E-state index >= 15 is 0 Å². The standard InChI is InChI=1S/C24H23ClN2O2/c25-20-10-9-19-8-4-5-15-27(23(19)16-20)24(28)26-21-11-13-22(14-12-21)29-17-18-6-2-1-3-7-18/h1-3,6-7,9-14,16H,4-5,8,15,17H2,(H,26,28). The number of hydrogen-bond acceptors (Lipinski definition) is 2. The molecule has 1 aliphatic heterocycles. The first-order valence-corrected chi connectivity index (χ1v) is 10.2. The quantitative estimate of drug-likeness (QED) is 0.552. The van der Waals surface area contributed by atoms with E-state index in [9.17, 15) is 4.79 Å². The lowest BCUT2D eigenvalue weighted by molar-refractivity contribution is 0.257. The predicted octanol–water partition coefficient (Wildman–Crippen LogP) is 6.29. The third kappa shape index (κ3) is 4.90. The molecule has 4 rings (SSSR count). The number of urea groups is 1. The summed E-state index contributed by atoms with van der Waals surface area (Å²) in [6.07, 6.45) is 2.99. The van der Waals surface area contributed by atoms with Crippen LogP contribution in [0.15, 0.2) is 72.8 Å². The number of carbonyl (C=O) groups is 1. The molecule has 0 atom stereocenters. The number of benzene rings is 3. The normalized spacial score (nSPS) is 13.3. The fourth-order valence-electron chi connectivity index (χ4n) is 3.48. The molecule has 0 aromatic heterocycles. The molecule has 0 unspecified atom stereocenters. The average Bonchev–Trinajstić information content (AvgIpc) is 2.96. The van der Waals surface area contributed by atoms with Gasteiger partial charge in [0.05, 0.1) is 5.69 Å². The van der Waals surface area contributed by atoms with Gasteiger partial charge in [0.1, 0.15) is 12.4 Å². The molecule has 148 valence electrons. The van der Waals surface area contributed by atoms with E-state index in [1.54, 1.807) is 4.90 Å². The van der Waals surface area contributed by atoms with Crippen LogP contribution >= 0.6 is 11.6 Å². The Bertz CT molecular complexity index is 974. The number of rotatable bonds is 4. The van der Waals surface area contributed by atoms with E-state index < -0.39 is 0 Å². The van der Waals surface area contributed by atoms with Gasteiger partial charge in [0, 0.05) is 17.3 Å². The molecule has 1 aliphatic rings. The molecule has 0 saturated carbocycles. The van der Waals surface area contributed by atoms with Gasteiger partial charge in [-0.1, -0.05) is 48.0 Å². The van der Waals surface area contributed by atoms with Gasteiger partial charge >= 0.3 is 6.03 Å². The molecule has 29 heavy (non-hydrogen) atoms. The first kappa shape index (κ1) is 19.3. The van der Waals surface area contributed by atoms with Crippen molar-refractivity contribution < 1.29 is 9.53 Å². The molecule has 0 fully saturated rings. The minimum atomic E-state index is -0.145. The van der Waals surface area contributed by atoms with Crippen LogP contribution in [0.4, 0.5) is 16.2 Å². The molecule has 3 aromatic rings. The van der Waals surface area contributed by atoms with E-state index in [1.165, 1.54) is 0 Å². The second-order valence-corrected chi connectivity index (χ2v) is 7.55. The van der Waals surface area contributed by atoms with E-state index in [0.717, 1.165) is 47.5 Å². The van der Waals surface area contributed by atoms with Crippen molar-refractivity contribution in [3.63, 3.8) is 0 Å². The molecule has 1 heterocycles. The van der Waals surface area contributed by atoms with Gasteiger partial charge in [0.25, 0.3) is 0 Å². The molecule has 0 spiro atoms. The number of amides is 2. The van der Waals surface area contributed by atoms with Gasteiger partial charge < -0.3 is 10.1 Å². The number of carbonyl (C=O) groups excluding carboxylic acids is 1. The predicted molar refractivity (Wildman–Crippen MR) is 118 cm³/mol. The van der Waals surface area contributed by atoms with Crippen molar-refractivity contribution in [3.8, 4) is 5.75 Å². The fraction of sp³-hybridized carbons (Fsp3) is 0.208. The number of fused-ring (bicyclic) bond motifs is 1. The maximum atomic E-state index is 12.9. The lowest BCUT2D eigenvalue weighted by Gasteiger charge is -2.23. The minimum Gasteiger partial charge on any atom is -0.489 e. The molecule has 0 aliphatic carbocycles. The summed E-state index contributed by atoms with van der Waals surface area (Å²) in [6.45, 7) is 1.19. The van der Waals surface area contributed by atoms with Gasteiger partial charge in [-0.15, -0.1) is 0 Å². The fourth-order valence-corrected chi connectivity index (χ4v) is 3.65. The lowest BCUT2D eigenvalue weighted by atomic mass is 10.1. The summed E-state index contributed by atoms with van der Waals surface area (Å²) in [4.78, 5) is 14.7. The molecule has 0 saturated heterocycles. The summed E-state index contributed by atoms with van der Waals surface area (Å²) in [5.41, 5.74) is 3.90. The second-order valence-electron chi connectivity index (χ2n) is 7.11. The van der Waals surface area contributed by atoms with Crippen LogP contribution in [-0.2, 0) is 13.0 Å². The number of hydrogen-bond donors (Lipinski definition) is 1. The molecular formula is C24H23ClN2O2. The Morgan fingerprint density at radius 1 is 1.00 bits per heavy atom. The van der Waals surface area contributed by atoms with Crippen molar-refractivity contribution in [3.05, 3.63) is 88.9 Å². The third-order valence-corrected chi connectivity index (χ3v) is 5.25. The van der Waals surface area contributed by atoms with Crippen LogP contribution in [0.2, 0.25) is 5.02 Å². The van der Waals surface area contributed by atoms with E-state index in [0.29, 0.717) is 18.2 Å². The van der Waals surface area contributed by atoms with Crippen LogP contribution in [0.1, 0.15) is 24.0 Å². The highest BCUT2D eigenvalue weighted by Crippen LogP contribution is 2.30. The molecular weight excluding hydrogens is 384 g/mol. The van der Waals surface area contributed by atoms with Crippen molar-refractivity contribution in [1.82, 2.24) is 0 Å². The van der Waals surface area contributed by atoms with Gasteiger partial charge in [0.15, 0.2) is 0 Å². The zero-order chi connectivity index (χ0) is 20.1. The molecule has 0 radical (unpaired) electrons. The summed E-state index contributed by atoms with van der Waals surface area (Å²) >= 11 is 6.18. The smallest absolute Gasteiger partial charge is 0.326 e. The molecule has 1 N–H and O–H groups in total. The summed E-state index contributed by atoms with van der Waals surface area (Å²) in [5.74, 6) is 0.763. The SMILES string of the molecule is O=C(Nc1ccc(OCc2ccccc2)cc1)N1CCCCc2ccc(Cl)cc21. The van der Waals surface area contributed by atoms with Crippen molar-refractivity contribution in [2.24, 2.45) is 0 Å². The third-order valence-electron chi connectivity index (χ3n) is 5.02. The first-order valence-electron chi connectivity index (χ1n) is 9.83. The zero-order valence-corrected chi connectivity index (χ0v) is 16.9. The Morgan fingerprint density at radius 3 is 2.59 bits per heavy atom. The van der Waals surface area contributed by atoms with Gasteiger partial charge in [-0.3, -0.25) is 4.90 Å². The number of nitrogens with one attached hydrogen (secondary N) is 1. The van der Waals surface area contributed by atoms with E-state index in [2.05, 4.69) is 5.32 Å². The highest BCUT2D eigenvalue weighted by Gasteiger charge is 2.21. The van der Waals surface area contributed by atoms with Crippen LogP contribution in [0.3, 0.4) is 0 Å². The minimum absolute atomic E-state index is 0.145. The first-order chi connectivity index (χ1) is 14.2. The maximum absolute atomic E-state index is 12.9. The molecule has 3 aromatic carbocycles. The molecule has 5 heteroatoms. The molecule has 2 amide bonds. The molecule has 4 nitrogen and oxygen atoms in total. The summed E-state index contributed by atoms with van der Waals surface area (Å²) in [6, 6.07) is 23.1. The van der Waals surface area contributed by atoms with Gasteiger partial charge in [-0.2, -0.15) is 0 Å². The Morgan fingerprint density at radius 2 is 1.79 bits per heavy atom. The summed E-state index contributed by atoms with van der Waals surface area (Å²) in [7, 11) is 0. The Kier molecular flexibility index (Phi) is 6.01. The van der Waals surface area contributed by atoms with Crippen molar-refractivity contribution in [1.29, 1.82) is 0 Å². The van der Waals surface area contributed by atoms with Crippen LogP contribution < -0.4 is 15.0 Å². The molecule has 0 bridgehead atoms. The van der Waals surface area contributed by atoms with Crippen LogP contribution in [-0.4, -0.2) is 12.6 Å². The zero-order valence-electron chi connectivity index (χ0n) is 16.1. The number of aryl methyl sites for hydroxylation is 1. The van der Waals surface area contributed by atoms with Crippen molar-refractivity contribution in [2.45, 2.75) is 25.9 Å². The Hall–Kier alpha value is -2.98. The maximum Gasteiger partial charge on any atom is 0.326 e. The van der Waals surface area contributed by atoms with E-state index in [-0.39, 0.29) is 6.03 Å². The number of anilines is 2.